The summed E-state index contributed by atoms with van der Waals surface area (Å²) in [6.45, 7) is -0.138. The van der Waals surface area contributed by atoms with Crippen molar-refractivity contribution in [3.05, 3.63) is 73.9 Å². The Morgan fingerprint density at radius 1 is 1.24 bits per heavy atom. The molecular formula is C16H12N4O4S. The highest BCUT2D eigenvalue weighted by Gasteiger charge is 2.10. The molecular weight excluding hydrogens is 344 g/mol. The molecule has 9 heteroatoms. The Bertz CT molecular complexity index is 1020. The van der Waals surface area contributed by atoms with Crippen LogP contribution in [-0.4, -0.2) is 21.6 Å². The van der Waals surface area contributed by atoms with E-state index in [1.54, 1.807) is 12.1 Å². The van der Waals surface area contributed by atoms with Gasteiger partial charge in [0.05, 0.1) is 21.4 Å². The highest BCUT2D eigenvalue weighted by Crippen LogP contribution is 2.16. The van der Waals surface area contributed by atoms with Gasteiger partial charge in [-0.2, -0.15) is 5.10 Å². The maximum Gasteiger partial charge on any atom is 0.308 e. The van der Waals surface area contributed by atoms with E-state index >= 15 is 0 Å². The summed E-state index contributed by atoms with van der Waals surface area (Å²) in [6.07, 6.45) is 1.37. The van der Waals surface area contributed by atoms with E-state index in [0.717, 1.165) is 16.0 Å². The van der Waals surface area contributed by atoms with Gasteiger partial charge in [-0.15, -0.1) is 0 Å². The molecule has 1 heterocycles. The molecule has 0 spiro atoms. The first-order chi connectivity index (χ1) is 12.0. The number of benzene rings is 2. The standard InChI is InChI=1S/C16H12N4O4S/c21-15(10-19-13-3-1-2-4-14(13)25-16(19)22)18-17-9-11-5-7-12(8-6-11)20(23)24/h1-9H,10H2,(H,18,21)/b17-9+. The topological polar surface area (TPSA) is 107 Å². The van der Waals surface area contributed by atoms with Gasteiger partial charge in [0.1, 0.15) is 6.54 Å². The van der Waals surface area contributed by atoms with Crippen molar-refractivity contribution in [3.8, 4) is 0 Å². The highest BCUT2D eigenvalue weighted by molar-refractivity contribution is 7.16. The van der Waals surface area contributed by atoms with Gasteiger partial charge < -0.3 is 0 Å². The van der Waals surface area contributed by atoms with Crippen LogP contribution < -0.4 is 10.3 Å². The Kier molecular flexibility index (Phi) is 4.66. The number of hydrogen-bond acceptors (Lipinski definition) is 6. The van der Waals surface area contributed by atoms with Crippen molar-refractivity contribution in [1.29, 1.82) is 0 Å². The fraction of sp³-hybridized carbons (Fsp3) is 0.0625. The number of aromatic nitrogens is 1. The van der Waals surface area contributed by atoms with Crippen LogP contribution in [0.2, 0.25) is 0 Å². The van der Waals surface area contributed by atoms with Crippen LogP contribution in [0, 0.1) is 10.1 Å². The van der Waals surface area contributed by atoms with Crippen molar-refractivity contribution >= 4 is 39.4 Å². The smallest absolute Gasteiger partial charge is 0.289 e. The molecule has 0 saturated heterocycles. The molecule has 1 N–H and O–H groups in total. The molecule has 3 aromatic rings. The minimum Gasteiger partial charge on any atom is -0.289 e. The Morgan fingerprint density at radius 2 is 1.96 bits per heavy atom. The van der Waals surface area contributed by atoms with E-state index in [0.29, 0.717) is 11.1 Å². The van der Waals surface area contributed by atoms with Gasteiger partial charge in [0.2, 0.25) is 0 Å². The molecule has 0 aliphatic heterocycles. The zero-order chi connectivity index (χ0) is 17.8. The Labute approximate surface area is 145 Å². The van der Waals surface area contributed by atoms with Crippen LogP contribution in [0.3, 0.4) is 0 Å². The fourth-order valence-electron chi connectivity index (χ4n) is 2.20. The lowest BCUT2D eigenvalue weighted by Crippen LogP contribution is -2.27. The molecule has 0 unspecified atom stereocenters. The van der Waals surface area contributed by atoms with Crippen molar-refractivity contribution in [2.45, 2.75) is 6.54 Å². The monoisotopic (exact) mass is 356 g/mol. The largest absolute Gasteiger partial charge is 0.308 e. The van der Waals surface area contributed by atoms with E-state index in [2.05, 4.69) is 10.5 Å². The normalized spacial score (nSPS) is 11.0. The van der Waals surface area contributed by atoms with Crippen LogP contribution in [0.25, 0.3) is 10.2 Å². The minimum atomic E-state index is -0.494. The number of nitrogens with zero attached hydrogens (tertiary/aromatic N) is 3. The number of hydrogen-bond donors (Lipinski definition) is 1. The van der Waals surface area contributed by atoms with E-state index in [4.69, 9.17) is 0 Å². The van der Waals surface area contributed by atoms with Gasteiger partial charge in [0.15, 0.2) is 0 Å². The molecule has 2 aromatic carbocycles. The average molecular weight is 356 g/mol. The molecule has 0 aliphatic carbocycles. The molecule has 0 aliphatic rings. The van der Waals surface area contributed by atoms with Crippen LogP contribution in [0.4, 0.5) is 5.69 Å². The van der Waals surface area contributed by atoms with Gasteiger partial charge in [0.25, 0.3) is 11.6 Å². The Hall–Kier alpha value is -3.33. The number of para-hydroxylation sites is 1. The maximum atomic E-state index is 12.0. The second-order valence-electron chi connectivity index (χ2n) is 5.06. The predicted molar refractivity (Wildman–Crippen MR) is 94.9 cm³/mol. The highest BCUT2D eigenvalue weighted by atomic mass is 32.1. The molecule has 0 saturated carbocycles. The Balaban J connectivity index is 1.65. The maximum absolute atomic E-state index is 12.0. The first-order valence-corrected chi connectivity index (χ1v) is 8.01. The SMILES string of the molecule is O=C(Cn1c(=O)sc2ccccc21)N/N=C/c1ccc([N+](=O)[O-])cc1. The number of carbonyl (C=O) groups is 1. The lowest BCUT2D eigenvalue weighted by atomic mass is 10.2. The fourth-order valence-corrected chi connectivity index (χ4v) is 3.09. The lowest BCUT2D eigenvalue weighted by Gasteiger charge is -2.02. The summed E-state index contributed by atoms with van der Waals surface area (Å²) in [4.78, 5) is 33.8. The van der Waals surface area contributed by atoms with E-state index in [-0.39, 0.29) is 17.1 Å². The van der Waals surface area contributed by atoms with E-state index in [1.165, 1.54) is 35.0 Å². The number of nitro groups is 1. The molecule has 3 rings (SSSR count). The molecule has 0 bridgehead atoms. The van der Waals surface area contributed by atoms with Crippen molar-refractivity contribution < 1.29 is 9.72 Å². The zero-order valence-corrected chi connectivity index (χ0v) is 13.6. The molecule has 0 fully saturated rings. The van der Waals surface area contributed by atoms with Crippen LogP contribution >= 0.6 is 11.3 Å². The van der Waals surface area contributed by atoms with Crippen LogP contribution in [0.15, 0.2) is 58.4 Å². The van der Waals surface area contributed by atoms with Gasteiger partial charge in [-0.05, 0) is 29.8 Å². The van der Waals surface area contributed by atoms with Gasteiger partial charge in [-0.1, -0.05) is 23.5 Å². The summed E-state index contributed by atoms with van der Waals surface area (Å²) in [5.41, 5.74) is 3.62. The lowest BCUT2D eigenvalue weighted by molar-refractivity contribution is -0.384. The van der Waals surface area contributed by atoms with E-state index < -0.39 is 10.8 Å². The third-order valence-corrected chi connectivity index (χ3v) is 4.34. The first-order valence-electron chi connectivity index (χ1n) is 7.19. The summed E-state index contributed by atoms with van der Waals surface area (Å²) in [5, 5.41) is 14.4. The number of hydrazone groups is 1. The summed E-state index contributed by atoms with van der Waals surface area (Å²) < 4.78 is 2.20. The van der Waals surface area contributed by atoms with Gasteiger partial charge >= 0.3 is 4.87 Å². The number of carbonyl (C=O) groups excluding carboxylic acids is 1. The first kappa shape index (κ1) is 16.5. The second-order valence-corrected chi connectivity index (χ2v) is 6.06. The molecule has 25 heavy (non-hydrogen) atoms. The number of rotatable bonds is 5. The predicted octanol–water partition coefficient (Wildman–Crippen LogP) is 2.12. The Morgan fingerprint density at radius 3 is 2.68 bits per heavy atom. The molecule has 1 amide bonds. The van der Waals surface area contributed by atoms with Gasteiger partial charge in [-0.3, -0.25) is 24.3 Å². The number of thiazole rings is 1. The van der Waals surface area contributed by atoms with Gasteiger partial charge in [-0.25, -0.2) is 5.43 Å². The number of amides is 1. The molecule has 126 valence electrons. The van der Waals surface area contributed by atoms with Crippen LogP contribution in [-0.2, 0) is 11.3 Å². The molecule has 0 atom stereocenters. The average Bonchev–Trinajstić information content (AvgIpc) is 2.91. The van der Waals surface area contributed by atoms with Gasteiger partial charge in [0, 0.05) is 12.1 Å². The van der Waals surface area contributed by atoms with Crippen molar-refractivity contribution in [2.75, 3.05) is 0 Å². The van der Waals surface area contributed by atoms with Crippen LogP contribution in [0.5, 0.6) is 0 Å². The van der Waals surface area contributed by atoms with Crippen LogP contribution in [0.1, 0.15) is 5.56 Å². The third kappa shape index (κ3) is 3.78. The summed E-state index contributed by atoms with van der Waals surface area (Å²) >= 11 is 1.08. The minimum absolute atomic E-state index is 0.0232. The van der Waals surface area contributed by atoms with Crippen molar-refractivity contribution in [2.24, 2.45) is 5.10 Å². The van der Waals surface area contributed by atoms with Crippen molar-refractivity contribution in [3.63, 3.8) is 0 Å². The summed E-state index contributed by atoms with van der Waals surface area (Å²) in [7, 11) is 0. The number of non-ortho nitro benzene ring substituents is 1. The summed E-state index contributed by atoms with van der Waals surface area (Å²) in [5.74, 6) is -0.441. The second kappa shape index (κ2) is 7.05. The molecule has 0 radical (unpaired) electrons. The molecule has 1 aromatic heterocycles. The third-order valence-electron chi connectivity index (χ3n) is 3.38. The molecule has 8 nitrogen and oxygen atoms in total. The zero-order valence-electron chi connectivity index (χ0n) is 12.8. The van der Waals surface area contributed by atoms with E-state index in [9.17, 15) is 19.7 Å². The number of nitrogens with one attached hydrogen (secondary N) is 1. The quantitative estimate of drug-likeness (QED) is 0.429. The van der Waals surface area contributed by atoms with Crippen molar-refractivity contribution in [1.82, 2.24) is 9.99 Å². The summed E-state index contributed by atoms with van der Waals surface area (Å²) in [6, 6.07) is 13.0. The van der Waals surface area contributed by atoms with E-state index in [1.807, 2.05) is 12.1 Å². The number of fused-ring (bicyclic) bond motifs is 1. The number of nitro benzene ring substituents is 1.